The Morgan fingerprint density at radius 1 is 1.15 bits per heavy atom. The Bertz CT molecular complexity index is 682. The van der Waals surface area contributed by atoms with E-state index in [0.717, 1.165) is 56.4 Å². The molecule has 1 aromatic heterocycles. The SMILES string of the molecule is O=C(C[NH+]1CCC[C@@H]1c1cccs1)NC(=O)NC12CC3CC(CC(C3)C1)C2. The molecule has 5 fully saturated rings. The first-order valence-corrected chi connectivity index (χ1v) is 11.5. The summed E-state index contributed by atoms with van der Waals surface area (Å²) in [5.41, 5.74) is -0.0425. The van der Waals surface area contributed by atoms with E-state index in [4.69, 9.17) is 0 Å². The molecule has 27 heavy (non-hydrogen) atoms. The van der Waals surface area contributed by atoms with Crippen LogP contribution in [0.4, 0.5) is 4.79 Å². The number of carbonyl (C=O) groups is 2. The van der Waals surface area contributed by atoms with E-state index in [9.17, 15) is 9.59 Å². The monoisotopic (exact) mass is 388 g/mol. The molecular formula is C21H30N3O2S+. The van der Waals surface area contributed by atoms with Crippen LogP contribution in [-0.2, 0) is 4.79 Å². The van der Waals surface area contributed by atoms with Crippen LogP contribution in [0.1, 0.15) is 62.3 Å². The van der Waals surface area contributed by atoms with Gasteiger partial charge in [0.1, 0.15) is 6.04 Å². The Labute approximate surface area is 164 Å². The first kappa shape index (κ1) is 17.7. The molecule has 0 aromatic carbocycles. The first-order chi connectivity index (χ1) is 13.1. The summed E-state index contributed by atoms with van der Waals surface area (Å²) in [5, 5.41) is 7.98. The van der Waals surface area contributed by atoms with Crippen molar-refractivity contribution in [2.24, 2.45) is 17.8 Å². The van der Waals surface area contributed by atoms with Crippen LogP contribution in [0.2, 0.25) is 0 Å². The predicted molar refractivity (Wildman–Crippen MR) is 105 cm³/mol. The van der Waals surface area contributed by atoms with Crippen LogP contribution < -0.4 is 15.5 Å². The minimum absolute atomic E-state index is 0.0425. The molecule has 1 aliphatic heterocycles. The number of hydrogen-bond donors (Lipinski definition) is 3. The average Bonchev–Trinajstić information content (AvgIpc) is 3.23. The number of urea groups is 1. The van der Waals surface area contributed by atoms with Crippen LogP contribution in [0.25, 0.3) is 0 Å². The van der Waals surface area contributed by atoms with Crippen molar-refractivity contribution in [3.8, 4) is 0 Å². The van der Waals surface area contributed by atoms with Crippen LogP contribution in [0.5, 0.6) is 0 Å². The third kappa shape index (κ3) is 3.54. The Hall–Kier alpha value is -1.40. The third-order valence-corrected chi connectivity index (χ3v) is 8.41. The Morgan fingerprint density at radius 3 is 2.48 bits per heavy atom. The number of amides is 3. The lowest BCUT2D eigenvalue weighted by Gasteiger charge is -2.56. The Kier molecular flexibility index (Phi) is 4.51. The van der Waals surface area contributed by atoms with E-state index in [1.54, 1.807) is 11.3 Å². The normalized spacial score (nSPS) is 39.5. The number of hydrogen-bond acceptors (Lipinski definition) is 3. The molecule has 6 rings (SSSR count). The molecule has 0 spiro atoms. The minimum Gasteiger partial charge on any atom is -0.332 e. The highest BCUT2D eigenvalue weighted by molar-refractivity contribution is 7.10. The van der Waals surface area contributed by atoms with Crippen molar-refractivity contribution in [3.05, 3.63) is 22.4 Å². The summed E-state index contributed by atoms with van der Waals surface area (Å²) >= 11 is 1.77. The number of nitrogens with one attached hydrogen (secondary N) is 3. The van der Waals surface area contributed by atoms with Crippen molar-refractivity contribution < 1.29 is 14.5 Å². The fraction of sp³-hybridized carbons (Fsp3) is 0.714. The molecule has 2 heterocycles. The first-order valence-electron chi connectivity index (χ1n) is 10.6. The fourth-order valence-corrected chi connectivity index (χ4v) is 7.79. The van der Waals surface area contributed by atoms with Gasteiger partial charge in [-0.05, 0) is 67.7 Å². The van der Waals surface area contributed by atoms with E-state index in [0.29, 0.717) is 12.6 Å². The second-order valence-corrected chi connectivity index (χ2v) is 10.5. The molecule has 3 N–H and O–H groups in total. The maximum atomic E-state index is 12.6. The smallest absolute Gasteiger partial charge is 0.322 e. The van der Waals surface area contributed by atoms with Gasteiger partial charge in [-0.1, -0.05) is 6.07 Å². The molecule has 1 unspecified atom stereocenters. The molecule has 146 valence electrons. The summed E-state index contributed by atoms with van der Waals surface area (Å²) in [4.78, 5) is 27.7. The highest BCUT2D eigenvalue weighted by Crippen LogP contribution is 2.55. The molecule has 5 nitrogen and oxygen atoms in total. The van der Waals surface area contributed by atoms with Gasteiger partial charge in [0.25, 0.3) is 5.91 Å². The van der Waals surface area contributed by atoms with Crippen molar-refractivity contribution >= 4 is 23.3 Å². The van der Waals surface area contributed by atoms with Crippen molar-refractivity contribution in [3.63, 3.8) is 0 Å². The van der Waals surface area contributed by atoms with Crippen LogP contribution in [0.3, 0.4) is 0 Å². The van der Waals surface area contributed by atoms with E-state index in [1.165, 1.54) is 29.0 Å². The van der Waals surface area contributed by atoms with Crippen LogP contribution in [0, 0.1) is 17.8 Å². The fourth-order valence-electron chi connectivity index (χ4n) is 6.87. The lowest BCUT2D eigenvalue weighted by Crippen LogP contribution is -3.11. The summed E-state index contributed by atoms with van der Waals surface area (Å²) in [5.74, 6) is 2.21. The van der Waals surface area contributed by atoms with Gasteiger partial charge in [0.05, 0.1) is 11.4 Å². The van der Waals surface area contributed by atoms with Crippen LogP contribution in [-0.4, -0.2) is 30.6 Å². The number of imide groups is 1. The summed E-state index contributed by atoms with van der Waals surface area (Å²) in [6.45, 7) is 1.39. The Morgan fingerprint density at radius 2 is 1.85 bits per heavy atom. The molecule has 4 aliphatic carbocycles. The molecule has 5 aliphatic rings. The molecule has 4 saturated carbocycles. The minimum atomic E-state index is -0.270. The van der Waals surface area contributed by atoms with Gasteiger partial charge in [0.15, 0.2) is 6.54 Å². The van der Waals surface area contributed by atoms with Crippen molar-refractivity contribution in [2.75, 3.05) is 13.1 Å². The number of likely N-dealkylation sites (tertiary alicyclic amines) is 1. The molecular weight excluding hydrogens is 358 g/mol. The van der Waals surface area contributed by atoms with Gasteiger partial charge in [-0.3, -0.25) is 10.1 Å². The van der Waals surface area contributed by atoms with Gasteiger partial charge in [-0.25, -0.2) is 4.79 Å². The van der Waals surface area contributed by atoms with Gasteiger partial charge < -0.3 is 10.2 Å². The molecule has 6 heteroatoms. The maximum Gasteiger partial charge on any atom is 0.322 e. The Balaban J connectivity index is 1.16. The largest absolute Gasteiger partial charge is 0.332 e. The highest BCUT2D eigenvalue weighted by Gasteiger charge is 2.51. The van der Waals surface area contributed by atoms with Gasteiger partial charge in [-0.2, -0.15) is 0 Å². The van der Waals surface area contributed by atoms with E-state index >= 15 is 0 Å². The van der Waals surface area contributed by atoms with Gasteiger partial charge >= 0.3 is 6.03 Å². The summed E-state index contributed by atoms with van der Waals surface area (Å²) in [6, 6.07) is 4.38. The second-order valence-electron chi connectivity index (χ2n) is 9.50. The van der Waals surface area contributed by atoms with E-state index in [-0.39, 0.29) is 17.5 Å². The topological polar surface area (TPSA) is 62.6 Å². The van der Waals surface area contributed by atoms with Gasteiger partial charge in [-0.15, -0.1) is 11.3 Å². The number of carbonyl (C=O) groups excluding carboxylic acids is 2. The lowest BCUT2D eigenvalue weighted by molar-refractivity contribution is -0.910. The van der Waals surface area contributed by atoms with E-state index < -0.39 is 0 Å². The zero-order chi connectivity index (χ0) is 18.4. The quantitative estimate of drug-likeness (QED) is 0.741. The van der Waals surface area contributed by atoms with E-state index in [1.807, 2.05) is 0 Å². The van der Waals surface area contributed by atoms with E-state index in [2.05, 4.69) is 28.1 Å². The van der Waals surface area contributed by atoms with Crippen molar-refractivity contribution in [1.29, 1.82) is 0 Å². The number of quaternary nitrogens is 1. The zero-order valence-corrected chi connectivity index (χ0v) is 16.7. The number of rotatable bonds is 4. The average molecular weight is 389 g/mol. The van der Waals surface area contributed by atoms with Gasteiger partial charge in [0.2, 0.25) is 0 Å². The number of thiophene rings is 1. The molecule has 1 saturated heterocycles. The lowest BCUT2D eigenvalue weighted by atomic mass is 9.53. The van der Waals surface area contributed by atoms with Gasteiger partial charge in [0, 0.05) is 18.4 Å². The molecule has 4 bridgehead atoms. The third-order valence-electron chi connectivity index (χ3n) is 7.43. The van der Waals surface area contributed by atoms with Crippen LogP contribution in [0.15, 0.2) is 17.5 Å². The summed E-state index contributed by atoms with van der Waals surface area (Å²) in [7, 11) is 0. The van der Waals surface area contributed by atoms with Crippen LogP contribution >= 0.6 is 11.3 Å². The molecule has 1 aromatic rings. The molecule has 2 atom stereocenters. The highest BCUT2D eigenvalue weighted by atomic mass is 32.1. The standard InChI is InChI=1S/C21H29N3O2S/c25-19(13-24-5-1-3-17(24)18-4-2-6-27-18)22-20(26)23-21-10-14-7-15(11-21)9-16(8-14)12-21/h2,4,6,14-17H,1,3,5,7-13H2,(H2,22,23,25,26)/p+1/t14?,15?,16?,17-,21?/m1/s1. The second kappa shape index (κ2) is 6.89. The predicted octanol–water partition coefficient (Wildman–Crippen LogP) is 2.26. The van der Waals surface area contributed by atoms with Crippen molar-refractivity contribution in [1.82, 2.24) is 10.6 Å². The summed E-state index contributed by atoms with van der Waals surface area (Å²) in [6.07, 6.45) is 9.65. The van der Waals surface area contributed by atoms with Crippen molar-refractivity contribution in [2.45, 2.75) is 62.9 Å². The summed E-state index contributed by atoms with van der Waals surface area (Å²) < 4.78 is 0. The molecule has 3 amide bonds. The zero-order valence-electron chi connectivity index (χ0n) is 15.8. The maximum absolute atomic E-state index is 12.6. The molecule has 0 radical (unpaired) electrons.